The monoisotopic (exact) mass is 333 g/mol. The van der Waals surface area contributed by atoms with Crippen molar-refractivity contribution in [3.8, 4) is 0 Å². The maximum atomic E-state index is 3.44. The van der Waals surface area contributed by atoms with E-state index in [9.17, 15) is 0 Å². The minimum absolute atomic E-state index is 0. The molecule has 92 valence electrons. The van der Waals surface area contributed by atoms with Crippen molar-refractivity contribution in [3.63, 3.8) is 0 Å². The van der Waals surface area contributed by atoms with Gasteiger partial charge in [0.15, 0.2) is 0 Å². The molecule has 0 aliphatic carbocycles. The molecule has 0 unspecified atom stereocenters. The zero-order valence-corrected chi connectivity index (χ0v) is 12.6. The molecule has 0 radical (unpaired) electrons. The first kappa shape index (κ1) is 15.8. The number of hydrogen-bond donors (Lipinski definition) is 1. The van der Waals surface area contributed by atoms with Crippen LogP contribution in [-0.4, -0.2) is 6.54 Å². The van der Waals surface area contributed by atoms with E-state index in [2.05, 4.69) is 42.6 Å². The second-order valence-electron chi connectivity index (χ2n) is 4.06. The molecule has 16 heavy (non-hydrogen) atoms. The summed E-state index contributed by atoms with van der Waals surface area (Å²) >= 11 is 0. The van der Waals surface area contributed by atoms with Gasteiger partial charge in [0, 0.05) is 12.2 Å². The quantitative estimate of drug-likeness (QED) is 0.517. The molecule has 1 aromatic carbocycles. The van der Waals surface area contributed by atoms with Gasteiger partial charge in [-0.05, 0) is 18.6 Å². The largest absolute Gasteiger partial charge is 0.385 e. The van der Waals surface area contributed by atoms with Crippen molar-refractivity contribution in [1.29, 1.82) is 0 Å². The van der Waals surface area contributed by atoms with Gasteiger partial charge in [-0.15, -0.1) is 24.0 Å². The Morgan fingerprint density at radius 2 is 1.50 bits per heavy atom. The molecule has 1 N–H and O–H groups in total. The van der Waals surface area contributed by atoms with Crippen LogP contribution in [0.2, 0.25) is 0 Å². The Hall–Kier alpha value is -0.250. The predicted molar refractivity (Wildman–Crippen MR) is 83.7 cm³/mol. The van der Waals surface area contributed by atoms with E-state index >= 15 is 0 Å². The molecule has 0 aromatic heterocycles. The van der Waals surface area contributed by atoms with Crippen molar-refractivity contribution in [1.82, 2.24) is 0 Å². The van der Waals surface area contributed by atoms with Crippen LogP contribution in [0.5, 0.6) is 0 Å². The first-order chi connectivity index (χ1) is 7.43. The molecule has 0 fully saturated rings. The van der Waals surface area contributed by atoms with Crippen LogP contribution in [-0.2, 0) is 0 Å². The highest BCUT2D eigenvalue weighted by atomic mass is 127. The van der Waals surface area contributed by atoms with Gasteiger partial charge in [0.1, 0.15) is 0 Å². The minimum atomic E-state index is 0. The summed E-state index contributed by atoms with van der Waals surface area (Å²) in [5.41, 5.74) is 1.24. The van der Waals surface area contributed by atoms with Gasteiger partial charge in [-0.3, -0.25) is 0 Å². The van der Waals surface area contributed by atoms with Crippen LogP contribution in [0.25, 0.3) is 0 Å². The van der Waals surface area contributed by atoms with Crippen LogP contribution in [0.15, 0.2) is 30.3 Å². The second kappa shape index (κ2) is 11.2. The Morgan fingerprint density at radius 3 is 2.19 bits per heavy atom. The van der Waals surface area contributed by atoms with Gasteiger partial charge in [-0.1, -0.05) is 57.2 Å². The lowest BCUT2D eigenvalue weighted by atomic mass is 10.1. The normalized spacial score (nSPS) is 9.56. The molecule has 0 aliphatic heterocycles. The smallest absolute Gasteiger partial charge is 0.0340 e. The number of hydrogen-bond acceptors (Lipinski definition) is 1. The van der Waals surface area contributed by atoms with Crippen molar-refractivity contribution in [2.45, 2.75) is 45.4 Å². The molecule has 0 saturated carbocycles. The van der Waals surface area contributed by atoms with Crippen LogP contribution >= 0.6 is 24.0 Å². The van der Waals surface area contributed by atoms with Crippen molar-refractivity contribution in [2.75, 3.05) is 11.9 Å². The second-order valence-corrected chi connectivity index (χ2v) is 4.06. The minimum Gasteiger partial charge on any atom is -0.385 e. The molecule has 1 aromatic rings. The number of benzene rings is 1. The summed E-state index contributed by atoms with van der Waals surface area (Å²) in [6.45, 7) is 3.37. The molecule has 2 heteroatoms. The molecule has 0 spiro atoms. The summed E-state index contributed by atoms with van der Waals surface area (Å²) in [6, 6.07) is 10.4. The van der Waals surface area contributed by atoms with Gasteiger partial charge in [-0.25, -0.2) is 0 Å². The van der Waals surface area contributed by atoms with E-state index in [0.717, 1.165) is 6.54 Å². The summed E-state index contributed by atoms with van der Waals surface area (Å²) in [5.74, 6) is 0. The van der Waals surface area contributed by atoms with E-state index in [-0.39, 0.29) is 24.0 Å². The van der Waals surface area contributed by atoms with Crippen LogP contribution in [0.4, 0.5) is 5.69 Å². The third kappa shape index (κ3) is 7.97. The van der Waals surface area contributed by atoms with Crippen LogP contribution in [0.3, 0.4) is 0 Å². The lowest BCUT2D eigenvalue weighted by Crippen LogP contribution is -2.00. The Balaban J connectivity index is 0.00000225. The maximum Gasteiger partial charge on any atom is 0.0340 e. The van der Waals surface area contributed by atoms with Gasteiger partial charge in [0.25, 0.3) is 0 Å². The lowest BCUT2D eigenvalue weighted by molar-refractivity contribution is 0.617. The molecular weight excluding hydrogens is 309 g/mol. The van der Waals surface area contributed by atoms with Gasteiger partial charge in [0.05, 0.1) is 0 Å². The maximum absolute atomic E-state index is 3.44. The standard InChI is InChI=1S/C14H23N.HI/c1-2-3-4-5-6-10-13-15-14-11-8-7-9-12-14;/h7-9,11-12,15H,2-6,10,13H2,1H3;1H. The Morgan fingerprint density at radius 1 is 0.875 bits per heavy atom. The first-order valence-corrected chi connectivity index (χ1v) is 6.22. The van der Waals surface area contributed by atoms with Crippen LogP contribution in [0.1, 0.15) is 45.4 Å². The lowest BCUT2D eigenvalue weighted by Gasteiger charge is -2.05. The molecule has 0 aliphatic rings. The average molecular weight is 333 g/mol. The third-order valence-electron chi connectivity index (χ3n) is 2.63. The molecule has 1 rings (SSSR count). The van der Waals surface area contributed by atoms with E-state index in [1.54, 1.807) is 0 Å². The SMILES string of the molecule is CCCCCCCCNc1ccccc1.I. The fourth-order valence-electron chi connectivity index (χ4n) is 1.69. The highest BCUT2D eigenvalue weighted by Gasteiger charge is 1.91. The van der Waals surface area contributed by atoms with Crippen molar-refractivity contribution < 1.29 is 0 Å². The van der Waals surface area contributed by atoms with Crippen molar-refractivity contribution >= 4 is 29.7 Å². The summed E-state index contributed by atoms with van der Waals surface area (Å²) in [5, 5.41) is 3.44. The van der Waals surface area contributed by atoms with Gasteiger partial charge in [0.2, 0.25) is 0 Å². The summed E-state index contributed by atoms with van der Waals surface area (Å²) in [4.78, 5) is 0. The number of nitrogens with one attached hydrogen (secondary N) is 1. The van der Waals surface area contributed by atoms with Gasteiger partial charge >= 0.3 is 0 Å². The summed E-state index contributed by atoms with van der Waals surface area (Å²) in [7, 11) is 0. The van der Waals surface area contributed by atoms with Crippen LogP contribution < -0.4 is 5.32 Å². The zero-order chi connectivity index (χ0) is 10.8. The number of para-hydroxylation sites is 1. The molecule has 0 amide bonds. The van der Waals surface area contributed by atoms with E-state index in [1.807, 2.05) is 0 Å². The number of anilines is 1. The van der Waals surface area contributed by atoms with E-state index in [1.165, 1.54) is 44.2 Å². The number of rotatable bonds is 8. The summed E-state index contributed by atoms with van der Waals surface area (Å²) < 4.78 is 0. The Bertz CT molecular complexity index is 236. The number of halogens is 1. The number of unbranched alkanes of at least 4 members (excludes halogenated alkanes) is 5. The molecule has 0 saturated heterocycles. The van der Waals surface area contributed by atoms with Crippen molar-refractivity contribution in [2.24, 2.45) is 0 Å². The highest BCUT2D eigenvalue weighted by molar-refractivity contribution is 14.0. The fourth-order valence-corrected chi connectivity index (χ4v) is 1.69. The predicted octanol–water partition coefficient (Wildman–Crippen LogP) is 5.08. The molecular formula is C14H24IN. The Labute approximate surface area is 117 Å². The first-order valence-electron chi connectivity index (χ1n) is 6.22. The molecule has 0 bridgehead atoms. The van der Waals surface area contributed by atoms with Gasteiger partial charge < -0.3 is 5.32 Å². The van der Waals surface area contributed by atoms with E-state index in [0.29, 0.717) is 0 Å². The van der Waals surface area contributed by atoms with Gasteiger partial charge in [-0.2, -0.15) is 0 Å². The fraction of sp³-hybridized carbons (Fsp3) is 0.571. The molecule has 0 atom stereocenters. The van der Waals surface area contributed by atoms with Crippen molar-refractivity contribution in [3.05, 3.63) is 30.3 Å². The average Bonchev–Trinajstić information content (AvgIpc) is 2.29. The van der Waals surface area contributed by atoms with Crippen LogP contribution in [0, 0.1) is 0 Å². The Kier molecular flexibility index (Phi) is 11.1. The third-order valence-corrected chi connectivity index (χ3v) is 2.63. The van der Waals surface area contributed by atoms with E-state index < -0.39 is 0 Å². The zero-order valence-electron chi connectivity index (χ0n) is 10.2. The molecule has 0 heterocycles. The topological polar surface area (TPSA) is 12.0 Å². The molecule has 1 nitrogen and oxygen atoms in total. The highest BCUT2D eigenvalue weighted by Crippen LogP contribution is 2.07. The van der Waals surface area contributed by atoms with E-state index in [4.69, 9.17) is 0 Å². The summed E-state index contributed by atoms with van der Waals surface area (Å²) in [6.07, 6.45) is 8.18.